The van der Waals surface area contributed by atoms with Gasteiger partial charge in [-0.2, -0.15) is 13.2 Å². The number of rotatable bonds is 6. The van der Waals surface area contributed by atoms with Crippen LogP contribution in [-0.4, -0.2) is 35.6 Å². The molecule has 1 aromatic carbocycles. The predicted molar refractivity (Wildman–Crippen MR) is 72.4 cm³/mol. The maximum atomic E-state index is 12.0. The predicted octanol–water partition coefficient (Wildman–Crippen LogP) is 2.27. The van der Waals surface area contributed by atoms with Crippen LogP contribution in [0.2, 0.25) is 0 Å². The van der Waals surface area contributed by atoms with Crippen LogP contribution < -0.4 is 5.32 Å². The number of amides is 1. The number of hydrogen-bond donors (Lipinski definition) is 2. The average Bonchev–Trinajstić information content (AvgIpc) is 2.35. The molecule has 0 radical (unpaired) electrons. The second kappa shape index (κ2) is 7.54. The fourth-order valence-electron chi connectivity index (χ4n) is 1.44. The van der Waals surface area contributed by atoms with E-state index in [0.29, 0.717) is 5.75 Å². The third-order valence-electron chi connectivity index (χ3n) is 2.45. The third kappa shape index (κ3) is 6.29. The summed E-state index contributed by atoms with van der Waals surface area (Å²) in [5.74, 6) is 0.140. The fourth-order valence-corrected chi connectivity index (χ4v) is 2.25. The molecule has 0 aliphatic carbocycles. The van der Waals surface area contributed by atoms with Gasteiger partial charge in [-0.1, -0.05) is 29.8 Å². The first-order valence-corrected chi connectivity index (χ1v) is 7.09. The van der Waals surface area contributed by atoms with Gasteiger partial charge in [-0.15, -0.1) is 11.8 Å². The molecule has 7 heteroatoms. The molecule has 1 unspecified atom stereocenters. The van der Waals surface area contributed by atoms with E-state index in [0.717, 1.165) is 11.1 Å². The second-order valence-electron chi connectivity index (χ2n) is 4.34. The molecule has 0 saturated carbocycles. The minimum Gasteiger partial charge on any atom is -0.382 e. The molecule has 1 aromatic rings. The Morgan fingerprint density at radius 2 is 2.15 bits per heavy atom. The minimum absolute atomic E-state index is 0.0541. The van der Waals surface area contributed by atoms with Gasteiger partial charge in [0.2, 0.25) is 5.91 Å². The molecule has 20 heavy (non-hydrogen) atoms. The summed E-state index contributed by atoms with van der Waals surface area (Å²) in [5.41, 5.74) is 2.17. The van der Waals surface area contributed by atoms with Gasteiger partial charge in [-0.05, 0) is 12.5 Å². The Balaban J connectivity index is 2.24. The number of thioether (sulfide) groups is 1. The summed E-state index contributed by atoms with van der Waals surface area (Å²) in [6.07, 6.45) is -7.23. The number of aliphatic hydroxyl groups excluding tert-OH is 1. The van der Waals surface area contributed by atoms with Crippen LogP contribution in [0.5, 0.6) is 0 Å². The topological polar surface area (TPSA) is 49.3 Å². The highest BCUT2D eigenvalue weighted by Crippen LogP contribution is 2.19. The van der Waals surface area contributed by atoms with Crippen LogP contribution in [0.4, 0.5) is 13.2 Å². The SMILES string of the molecule is Cc1cccc(CSCC(=O)NCC(O)C(F)(F)F)c1. The summed E-state index contributed by atoms with van der Waals surface area (Å²) in [4.78, 5) is 11.3. The first kappa shape index (κ1) is 16.8. The lowest BCUT2D eigenvalue weighted by molar-refractivity contribution is -0.201. The molecule has 112 valence electrons. The average molecular weight is 307 g/mol. The summed E-state index contributed by atoms with van der Waals surface area (Å²) < 4.78 is 36.0. The van der Waals surface area contributed by atoms with E-state index < -0.39 is 24.7 Å². The molecule has 0 bridgehead atoms. The highest BCUT2D eigenvalue weighted by atomic mass is 32.2. The van der Waals surface area contributed by atoms with Crippen molar-refractivity contribution in [1.29, 1.82) is 0 Å². The maximum Gasteiger partial charge on any atom is 0.416 e. The van der Waals surface area contributed by atoms with Crippen LogP contribution in [0.15, 0.2) is 24.3 Å². The molecule has 1 rings (SSSR count). The molecule has 0 heterocycles. The van der Waals surface area contributed by atoms with E-state index in [-0.39, 0.29) is 5.75 Å². The van der Waals surface area contributed by atoms with E-state index >= 15 is 0 Å². The molecular formula is C13H16F3NO2S. The van der Waals surface area contributed by atoms with Crippen LogP contribution in [0.1, 0.15) is 11.1 Å². The second-order valence-corrected chi connectivity index (χ2v) is 5.33. The van der Waals surface area contributed by atoms with Crippen LogP contribution in [-0.2, 0) is 10.5 Å². The zero-order valence-electron chi connectivity index (χ0n) is 10.9. The Morgan fingerprint density at radius 1 is 1.45 bits per heavy atom. The van der Waals surface area contributed by atoms with Gasteiger partial charge in [0.15, 0.2) is 6.10 Å². The highest BCUT2D eigenvalue weighted by Gasteiger charge is 2.38. The number of aryl methyl sites for hydroxylation is 1. The Bertz CT molecular complexity index is 451. The van der Waals surface area contributed by atoms with Gasteiger partial charge >= 0.3 is 6.18 Å². The van der Waals surface area contributed by atoms with Crippen LogP contribution in [0, 0.1) is 6.92 Å². The Hall–Kier alpha value is -1.21. The number of aliphatic hydroxyl groups is 1. The molecule has 1 amide bonds. The van der Waals surface area contributed by atoms with E-state index in [9.17, 15) is 18.0 Å². The van der Waals surface area contributed by atoms with Gasteiger partial charge in [0.1, 0.15) is 0 Å². The molecular weight excluding hydrogens is 291 g/mol. The van der Waals surface area contributed by atoms with E-state index in [1.54, 1.807) is 0 Å². The lowest BCUT2D eigenvalue weighted by Crippen LogP contribution is -2.41. The lowest BCUT2D eigenvalue weighted by Gasteiger charge is -2.14. The third-order valence-corrected chi connectivity index (χ3v) is 3.46. The molecule has 0 aliphatic rings. The number of carbonyl (C=O) groups excluding carboxylic acids is 1. The number of carbonyl (C=O) groups is 1. The monoisotopic (exact) mass is 307 g/mol. The summed E-state index contributed by atoms with van der Waals surface area (Å²) in [6, 6.07) is 7.77. The Kier molecular flexibility index (Phi) is 6.35. The molecule has 3 nitrogen and oxygen atoms in total. The van der Waals surface area contributed by atoms with E-state index in [1.165, 1.54) is 11.8 Å². The quantitative estimate of drug-likeness (QED) is 0.847. The van der Waals surface area contributed by atoms with Crippen molar-refractivity contribution in [3.63, 3.8) is 0 Å². The number of alkyl halides is 3. The first-order chi connectivity index (χ1) is 9.29. The van der Waals surface area contributed by atoms with E-state index in [4.69, 9.17) is 5.11 Å². The molecule has 0 aliphatic heterocycles. The van der Waals surface area contributed by atoms with Gasteiger partial charge in [-0.25, -0.2) is 0 Å². The number of halogens is 3. The lowest BCUT2D eigenvalue weighted by atomic mass is 10.2. The van der Waals surface area contributed by atoms with Gasteiger partial charge in [0.25, 0.3) is 0 Å². The van der Waals surface area contributed by atoms with Crippen LogP contribution in [0.3, 0.4) is 0 Å². The van der Waals surface area contributed by atoms with Crippen molar-refractivity contribution < 1.29 is 23.1 Å². The van der Waals surface area contributed by atoms with Crippen molar-refractivity contribution in [3.05, 3.63) is 35.4 Å². The van der Waals surface area contributed by atoms with Crippen molar-refractivity contribution in [2.45, 2.75) is 25.0 Å². The number of hydrogen-bond acceptors (Lipinski definition) is 3. The molecule has 0 fully saturated rings. The van der Waals surface area contributed by atoms with Crippen LogP contribution in [0.25, 0.3) is 0 Å². The minimum atomic E-state index is -4.71. The fraction of sp³-hybridized carbons (Fsp3) is 0.462. The van der Waals surface area contributed by atoms with Crippen molar-refractivity contribution in [3.8, 4) is 0 Å². The van der Waals surface area contributed by atoms with Crippen molar-refractivity contribution in [2.24, 2.45) is 0 Å². The van der Waals surface area contributed by atoms with Crippen molar-refractivity contribution in [1.82, 2.24) is 5.32 Å². The van der Waals surface area contributed by atoms with Gasteiger partial charge in [0, 0.05) is 5.75 Å². The molecule has 2 N–H and O–H groups in total. The zero-order valence-corrected chi connectivity index (χ0v) is 11.7. The molecule has 0 saturated heterocycles. The van der Waals surface area contributed by atoms with Gasteiger partial charge in [-0.3, -0.25) is 4.79 Å². The largest absolute Gasteiger partial charge is 0.416 e. The number of nitrogens with one attached hydrogen (secondary N) is 1. The highest BCUT2D eigenvalue weighted by molar-refractivity contribution is 7.99. The zero-order chi connectivity index (χ0) is 15.2. The van der Waals surface area contributed by atoms with Gasteiger partial charge < -0.3 is 10.4 Å². The smallest absolute Gasteiger partial charge is 0.382 e. The maximum absolute atomic E-state index is 12.0. The first-order valence-electron chi connectivity index (χ1n) is 5.94. The summed E-state index contributed by atoms with van der Waals surface area (Å²) >= 11 is 1.31. The summed E-state index contributed by atoms with van der Waals surface area (Å²) in [7, 11) is 0. The van der Waals surface area contributed by atoms with Crippen LogP contribution >= 0.6 is 11.8 Å². The molecule has 0 aromatic heterocycles. The number of benzene rings is 1. The summed E-state index contributed by atoms with van der Waals surface area (Å²) in [6.45, 7) is 1.15. The Labute approximate surface area is 119 Å². The Morgan fingerprint density at radius 3 is 2.75 bits per heavy atom. The molecule has 0 spiro atoms. The van der Waals surface area contributed by atoms with E-state index in [2.05, 4.69) is 5.32 Å². The van der Waals surface area contributed by atoms with Crippen molar-refractivity contribution >= 4 is 17.7 Å². The standard InChI is InChI=1S/C13H16F3NO2S/c1-9-3-2-4-10(5-9)7-20-8-12(19)17-6-11(18)13(14,15)16/h2-5,11,18H,6-8H2,1H3,(H,17,19). The van der Waals surface area contributed by atoms with E-state index in [1.807, 2.05) is 31.2 Å². The van der Waals surface area contributed by atoms with Gasteiger partial charge in [0.05, 0.1) is 12.3 Å². The molecule has 1 atom stereocenters. The summed E-state index contributed by atoms with van der Waals surface area (Å²) in [5, 5.41) is 10.8. The normalized spacial score (nSPS) is 13.1. The van der Waals surface area contributed by atoms with Crippen molar-refractivity contribution in [2.75, 3.05) is 12.3 Å².